The normalized spacial score (nSPS) is 23.1. The number of amides is 2. The molecule has 1 aromatic carbocycles. The molecule has 0 aliphatic carbocycles. The van der Waals surface area contributed by atoms with Crippen LogP contribution >= 0.6 is 12.4 Å². The zero-order valence-electron chi connectivity index (χ0n) is 15.2. The Morgan fingerprint density at radius 1 is 1.23 bits per heavy atom. The third-order valence-electron chi connectivity index (χ3n) is 5.01. The molecule has 1 N–H and O–H groups in total. The predicted octanol–water partition coefficient (Wildman–Crippen LogP) is 1.55. The second-order valence-electron chi connectivity index (χ2n) is 6.87. The van der Waals surface area contributed by atoms with E-state index in [1.54, 1.807) is 4.90 Å². The molecule has 3 rings (SSSR count). The maximum atomic E-state index is 12.8. The summed E-state index contributed by atoms with van der Waals surface area (Å²) in [6.45, 7) is 5.74. The lowest BCUT2D eigenvalue weighted by Crippen LogP contribution is -2.56. The van der Waals surface area contributed by atoms with E-state index < -0.39 is 0 Å². The van der Waals surface area contributed by atoms with E-state index in [-0.39, 0.29) is 42.8 Å². The molecule has 0 bridgehead atoms. The Labute approximate surface area is 161 Å². The van der Waals surface area contributed by atoms with E-state index >= 15 is 0 Å². The topological polar surface area (TPSA) is 61.9 Å². The van der Waals surface area contributed by atoms with Crippen LogP contribution in [0.2, 0.25) is 0 Å². The number of piperazine rings is 1. The molecule has 1 unspecified atom stereocenters. The Morgan fingerprint density at radius 2 is 2.00 bits per heavy atom. The fraction of sp³-hybridized carbons (Fsp3) is 0.579. The largest absolute Gasteiger partial charge is 0.484 e. The molecule has 2 amide bonds. The van der Waals surface area contributed by atoms with Crippen LogP contribution in [-0.4, -0.2) is 67.0 Å². The van der Waals surface area contributed by atoms with Gasteiger partial charge in [-0.25, -0.2) is 0 Å². The molecule has 0 radical (unpaired) electrons. The van der Waals surface area contributed by atoms with Crippen LogP contribution in [0.25, 0.3) is 0 Å². The van der Waals surface area contributed by atoms with E-state index in [1.165, 1.54) is 0 Å². The first-order chi connectivity index (χ1) is 12.1. The summed E-state index contributed by atoms with van der Waals surface area (Å²) in [5, 5.41) is 3.31. The molecule has 26 heavy (non-hydrogen) atoms. The van der Waals surface area contributed by atoms with Crippen molar-refractivity contribution >= 4 is 24.2 Å². The van der Waals surface area contributed by atoms with E-state index in [9.17, 15) is 9.59 Å². The van der Waals surface area contributed by atoms with E-state index in [0.717, 1.165) is 32.5 Å². The van der Waals surface area contributed by atoms with E-state index in [2.05, 4.69) is 12.2 Å². The lowest BCUT2D eigenvalue weighted by atomic mass is 9.95. The van der Waals surface area contributed by atoms with Crippen molar-refractivity contribution < 1.29 is 14.3 Å². The number of nitrogens with zero attached hydrogens (tertiary/aromatic N) is 2. The first kappa shape index (κ1) is 20.5. The highest BCUT2D eigenvalue weighted by atomic mass is 35.5. The minimum Gasteiger partial charge on any atom is -0.484 e. The number of piperidine rings is 1. The van der Waals surface area contributed by atoms with Gasteiger partial charge in [0.05, 0.1) is 5.92 Å². The van der Waals surface area contributed by atoms with Gasteiger partial charge in [0, 0.05) is 38.8 Å². The van der Waals surface area contributed by atoms with Crippen LogP contribution in [0.15, 0.2) is 30.3 Å². The number of ether oxygens (including phenoxy) is 1. The zero-order valence-corrected chi connectivity index (χ0v) is 16.0. The average Bonchev–Trinajstić information content (AvgIpc) is 2.67. The van der Waals surface area contributed by atoms with Gasteiger partial charge in [0.1, 0.15) is 5.75 Å². The fourth-order valence-electron chi connectivity index (χ4n) is 3.56. The summed E-state index contributed by atoms with van der Waals surface area (Å²) in [6.07, 6.45) is 1.73. The number of carbonyl (C=O) groups is 2. The van der Waals surface area contributed by atoms with Gasteiger partial charge in [-0.1, -0.05) is 18.2 Å². The molecule has 144 valence electrons. The quantitative estimate of drug-likeness (QED) is 0.859. The number of para-hydroxylation sites is 1. The molecule has 7 heteroatoms. The van der Waals surface area contributed by atoms with Gasteiger partial charge in [0.2, 0.25) is 5.91 Å². The van der Waals surface area contributed by atoms with Crippen molar-refractivity contribution in [2.45, 2.75) is 25.8 Å². The summed E-state index contributed by atoms with van der Waals surface area (Å²) >= 11 is 0. The highest BCUT2D eigenvalue weighted by molar-refractivity contribution is 5.85. The lowest BCUT2D eigenvalue weighted by Gasteiger charge is -2.39. The van der Waals surface area contributed by atoms with Crippen LogP contribution in [0, 0.1) is 5.92 Å². The zero-order chi connectivity index (χ0) is 17.6. The van der Waals surface area contributed by atoms with Crippen molar-refractivity contribution in [1.29, 1.82) is 0 Å². The fourth-order valence-corrected chi connectivity index (χ4v) is 3.56. The van der Waals surface area contributed by atoms with Gasteiger partial charge in [-0.15, -0.1) is 12.4 Å². The Morgan fingerprint density at radius 3 is 2.73 bits per heavy atom. The standard InChI is InChI=1S/C19H27N3O3.ClH/c1-15-12-20-9-11-22(15)19(24)16-6-5-10-21(13-16)18(23)14-25-17-7-3-2-4-8-17;/h2-4,7-8,15-16,20H,5-6,9-14H2,1H3;1H/t15-,16?;/m0./s1. The molecule has 0 spiro atoms. The van der Waals surface area contributed by atoms with Crippen molar-refractivity contribution in [1.82, 2.24) is 15.1 Å². The maximum absolute atomic E-state index is 12.8. The molecule has 2 heterocycles. The van der Waals surface area contributed by atoms with Crippen LogP contribution in [0.4, 0.5) is 0 Å². The van der Waals surface area contributed by atoms with Gasteiger partial charge in [-0.05, 0) is 31.9 Å². The van der Waals surface area contributed by atoms with Crippen LogP contribution < -0.4 is 10.1 Å². The summed E-state index contributed by atoms with van der Waals surface area (Å²) in [5.41, 5.74) is 0. The van der Waals surface area contributed by atoms with Crippen molar-refractivity contribution in [3.8, 4) is 5.75 Å². The number of halogens is 1. The lowest BCUT2D eigenvalue weighted by molar-refractivity contribution is -0.143. The van der Waals surface area contributed by atoms with E-state index in [0.29, 0.717) is 18.8 Å². The summed E-state index contributed by atoms with van der Waals surface area (Å²) in [4.78, 5) is 29.0. The highest BCUT2D eigenvalue weighted by Crippen LogP contribution is 2.21. The molecule has 2 fully saturated rings. The minimum atomic E-state index is -0.0880. The van der Waals surface area contributed by atoms with Crippen molar-refractivity contribution in [3.05, 3.63) is 30.3 Å². The molecular weight excluding hydrogens is 354 g/mol. The molecule has 2 saturated heterocycles. The van der Waals surface area contributed by atoms with Gasteiger partial charge >= 0.3 is 0 Å². The number of hydrogen-bond donors (Lipinski definition) is 1. The minimum absolute atomic E-state index is 0. The highest BCUT2D eigenvalue weighted by Gasteiger charge is 2.33. The number of likely N-dealkylation sites (tertiary alicyclic amines) is 1. The van der Waals surface area contributed by atoms with Gasteiger partial charge in [-0.3, -0.25) is 9.59 Å². The number of benzene rings is 1. The van der Waals surface area contributed by atoms with E-state index in [4.69, 9.17) is 4.74 Å². The summed E-state index contributed by atoms with van der Waals surface area (Å²) in [7, 11) is 0. The SMILES string of the molecule is C[C@H]1CNCCN1C(=O)C1CCCN(C(=O)COc2ccccc2)C1.Cl. The third-order valence-corrected chi connectivity index (χ3v) is 5.01. The number of nitrogens with one attached hydrogen (secondary N) is 1. The van der Waals surface area contributed by atoms with Crippen LogP contribution in [0.5, 0.6) is 5.75 Å². The predicted molar refractivity (Wildman–Crippen MR) is 103 cm³/mol. The summed E-state index contributed by atoms with van der Waals surface area (Å²) in [6, 6.07) is 9.55. The molecule has 2 aliphatic rings. The number of hydrogen-bond acceptors (Lipinski definition) is 4. The molecule has 0 aromatic heterocycles. The molecule has 2 atom stereocenters. The molecular formula is C19H28ClN3O3. The monoisotopic (exact) mass is 381 g/mol. The number of carbonyl (C=O) groups excluding carboxylic acids is 2. The van der Waals surface area contributed by atoms with Crippen molar-refractivity contribution in [2.24, 2.45) is 5.92 Å². The first-order valence-electron chi connectivity index (χ1n) is 9.12. The second kappa shape index (κ2) is 9.78. The summed E-state index contributed by atoms with van der Waals surface area (Å²) < 4.78 is 5.56. The Balaban J connectivity index is 0.00000243. The van der Waals surface area contributed by atoms with Gasteiger partial charge in [0.15, 0.2) is 6.61 Å². The molecule has 2 aliphatic heterocycles. The van der Waals surface area contributed by atoms with Crippen LogP contribution in [-0.2, 0) is 9.59 Å². The van der Waals surface area contributed by atoms with Crippen LogP contribution in [0.3, 0.4) is 0 Å². The second-order valence-corrected chi connectivity index (χ2v) is 6.87. The molecule has 1 aromatic rings. The smallest absolute Gasteiger partial charge is 0.260 e. The summed E-state index contributed by atoms with van der Waals surface area (Å²) in [5.74, 6) is 0.746. The van der Waals surface area contributed by atoms with Crippen molar-refractivity contribution in [2.75, 3.05) is 39.3 Å². The molecule has 6 nitrogen and oxygen atoms in total. The average molecular weight is 382 g/mol. The van der Waals surface area contributed by atoms with E-state index in [1.807, 2.05) is 35.2 Å². The Kier molecular flexibility index (Phi) is 7.72. The first-order valence-corrected chi connectivity index (χ1v) is 9.12. The Hall–Kier alpha value is -1.79. The van der Waals surface area contributed by atoms with Crippen LogP contribution in [0.1, 0.15) is 19.8 Å². The third kappa shape index (κ3) is 5.11. The van der Waals surface area contributed by atoms with Gasteiger partial charge in [0.25, 0.3) is 5.91 Å². The van der Waals surface area contributed by atoms with Gasteiger partial charge < -0.3 is 19.9 Å². The maximum Gasteiger partial charge on any atom is 0.260 e. The van der Waals surface area contributed by atoms with Crippen molar-refractivity contribution in [3.63, 3.8) is 0 Å². The van der Waals surface area contributed by atoms with Gasteiger partial charge in [-0.2, -0.15) is 0 Å². The molecule has 0 saturated carbocycles. The number of rotatable bonds is 4. The Bertz CT molecular complexity index is 599.